The van der Waals surface area contributed by atoms with Gasteiger partial charge in [-0.2, -0.15) is 22.0 Å². The van der Waals surface area contributed by atoms with E-state index in [4.69, 9.17) is 17.3 Å². The van der Waals surface area contributed by atoms with Crippen molar-refractivity contribution >= 4 is 29.7 Å². The van der Waals surface area contributed by atoms with E-state index in [9.17, 15) is 32.1 Å². The third kappa shape index (κ3) is 3.47. The van der Waals surface area contributed by atoms with Crippen molar-refractivity contribution in [3.8, 4) is 0 Å². The predicted molar refractivity (Wildman–Crippen MR) is 63.3 cm³/mol. The van der Waals surface area contributed by atoms with E-state index in [0.29, 0.717) is 12.1 Å². The lowest BCUT2D eigenvalue weighted by molar-refractivity contribution is -0.386. The summed E-state index contributed by atoms with van der Waals surface area (Å²) in [5.74, 6) is -5.32. The Morgan fingerprint density at radius 1 is 1.25 bits per heavy atom. The Morgan fingerprint density at radius 2 is 1.75 bits per heavy atom. The fourth-order valence-electron chi connectivity index (χ4n) is 1.31. The van der Waals surface area contributed by atoms with Crippen molar-refractivity contribution in [3.63, 3.8) is 0 Å². The zero-order chi connectivity index (χ0) is 15.0. The van der Waals surface area contributed by atoms with Crippen molar-refractivity contribution in [1.29, 1.82) is 0 Å². The monoisotopic (exact) mass is 340 g/mol. The normalized spacial score (nSPS) is 13.6. The van der Waals surface area contributed by atoms with Crippen molar-refractivity contribution in [2.75, 3.05) is 0 Å². The van der Waals surface area contributed by atoms with Crippen LogP contribution in [0.15, 0.2) is 18.2 Å². The highest BCUT2D eigenvalue weighted by Gasteiger charge is 2.62. The fraction of sp³-hybridized carbons (Fsp3) is 0.333. The van der Waals surface area contributed by atoms with Crippen LogP contribution in [0.1, 0.15) is 11.6 Å². The lowest BCUT2D eigenvalue weighted by Gasteiger charge is -2.25. The highest BCUT2D eigenvalue weighted by atomic mass is 35.5. The van der Waals surface area contributed by atoms with Gasteiger partial charge in [0.25, 0.3) is 5.69 Å². The van der Waals surface area contributed by atoms with Gasteiger partial charge in [0, 0.05) is 11.1 Å². The number of alkyl halides is 5. The number of rotatable bonds is 3. The van der Waals surface area contributed by atoms with Crippen molar-refractivity contribution in [3.05, 3.63) is 38.9 Å². The van der Waals surface area contributed by atoms with E-state index >= 15 is 0 Å². The van der Waals surface area contributed by atoms with Crippen LogP contribution in [0.5, 0.6) is 0 Å². The lowest BCUT2D eigenvalue weighted by atomic mass is 9.99. The van der Waals surface area contributed by atoms with Crippen molar-refractivity contribution in [2.24, 2.45) is 5.73 Å². The average Bonchev–Trinajstić information content (AvgIpc) is 2.25. The minimum Gasteiger partial charge on any atom is -0.318 e. The molecule has 11 heteroatoms. The first-order chi connectivity index (χ1) is 8.48. The number of halogens is 7. The van der Waals surface area contributed by atoms with Gasteiger partial charge in [0.05, 0.1) is 10.5 Å². The third-order valence-electron chi connectivity index (χ3n) is 2.29. The maximum absolute atomic E-state index is 13.1. The largest absolute Gasteiger partial charge is 0.455 e. The third-order valence-corrected chi connectivity index (χ3v) is 2.52. The molecule has 0 aliphatic heterocycles. The lowest BCUT2D eigenvalue weighted by Crippen LogP contribution is -2.46. The number of nitrogens with zero attached hydrogens (tertiary/aromatic N) is 1. The highest BCUT2D eigenvalue weighted by Crippen LogP contribution is 2.45. The fourth-order valence-corrected chi connectivity index (χ4v) is 1.49. The smallest absolute Gasteiger partial charge is 0.318 e. The molecule has 0 aliphatic carbocycles. The quantitative estimate of drug-likeness (QED) is 0.516. The summed E-state index contributed by atoms with van der Waals surface area (Å²) in [6.07, 6.45) is -5.93. The van der Waals surface area contributed by atoms with E-state index in [1.807, 2.05) is 0 Å². The maximum Gasteiger partial charge on any atom is 0.455 e. The second-order valence-corrected chi connectivity index (χ2v) is 4.00. The van der Waals surface area contributed by atoms with Crippen LogP contribution in [0.3, 0.4) is 0 Å². The van der Waals surface area contributed by atoms with Crippen LogP contribution in [0, 0.1) is 10.1 Å². The molecule has 0 bridgehead atoms. The maximum atomic E-state index is 13.1. The van der Waals surface area contributed by atoms with Gasteiger partial charge in [-0.05, 0) is 12.1 Å². The van der Waals surface area contributed by atoms with Crippen molar-refractivity contribution < 1.29 is 26.9 Å². The van der Waals surface area contributed by atoms with Crippen molar-refractivity contribution in [2.45, 2.75) is 18.1 Å². The molecular formula is C9H7Cl2F5N2O2. The van der Waals surface area contributed by atoms with Crippen LogP contribution in [-0.4, -0.2) is 17.0 Å². The molecule has 4 nitrogen and oxygen atoms in total. The Morgan fingerprint density at radius 3 is 2.15 bits per heavy atom. The van der Waals surface area contributed by atoms with Gasteiger partial charge >= 0.3 is 12.1 Å². The molecule has 0 unspecified atom stereocenters. The molecule has 0 saturated carbocycles. The first kappa shape index (κ1) is 18.8. The molecule has 20 heavy (non-hydrogen) atoms. The molecule has 0 saturated heterocycles. The highest BCUT2D eigenvalue weighted by molar-refractivity contribution is 6.30. The molecule has 0 fully saturated rings. The summed E-state index contributed by atoms with van der Waals surface area (Å²) in [4.78, 5) is 9.48. The van der Waals surface area contributed by atoms with Crippen LogP contribution in [0.4, 0.5) is 27.6 Å². The zero-order valence-corrected chi connectivity index (χ0v) is 10.9. The summed E-state index contributed by atoms with van der Waals surface area (Å²) in [5.41, 5.74) is 2.89. The molecule has 2 N–H and O–H groups in total. The number of hydrogen-bond donors (Lipinski definition) is 1. The first-order valence-electron chi connectivity index (χ1n) is 4.62. The van der Waals surface area contributed by atoms with Gasteiger partial charge in [0.15, 0.2) is 0 Å². The Hall–Kier alpha value is -1.19. The topological polar surface area (TPSA) is 69.2 Å². The second kappa shape index (κ2) is 6.06. The van der Waals surface area contributed by atoms with Gasteiger partial charge < -0.3 is 5.73 Å². The van der Waals surface area contributed by atoms with Gasteiger partial charge in [-0.15, -0.1) is 12.4 Å². The van der Waals surface area contributed by atoms with E-state index in [1.165, 1.54) is 0 Å². The summed E-state index contributed by atoms with van der Waals surface area (Å²) in [5, 5.41) is 10.4. The summed E-state index contributed by atoms with van der Waals surface area (Å²) < 4.78 is 62.6. The van der Waals surface area contributed by atoms with Crippen LogP contribution in [0.2, 0.25) is 5.02 Å². The number of benzene rings is 1. The number of nitro benzene ring substituents is 1. The molecule has 0 aromatic heterocycles. The van der Waals surface area contributed by atoms with Crippen LogP contribution in [-0.2, 0) is 0 Å². The van der Waals surface area contributed by atoms with Crippen molar-refractivity contribution in [1.82, 2.24) is 0 Å². The molecule has 0 heterocycles. The SMILES string of the molecule is Cl.N[C@H](c1cc(Cl)ccc1[N+](=O)[O-])C(F)(F)C(F)(F)F. The molecule has 1 aromatic rings. The van der Waals surface area contributed by atoms with E-state index in [-0.39, 0.29) is 17.4 Å². The second-order valence-electron chi connectivity index (χ2n) is 3.56. The Kier molecular flexibility index (Phi) is 5.70. The van der Waals surface area contributed by atoms with E-state index in [1.54, 1.807) is 0 Å². The minimum absolute atomic E-state index is 0. The van der Waals surface area contributed by atoms with Crippen LogP contribution in [0.25, 0.3) is 0 Å². The Balaban J connectivity index is 0.00000361. The molecule has 0 radical (unpaired) electrons. The summed E-state index contributed by atoms with van der Waals surface area (Å²) in [7, 11) is 0. The number of hydrogen-bond acceptors (Lipinski definition) is 3. The molecule has 1 aromatic carbocycles. The van der Waals surface area contributed by atoms with Gasteiger partial charge in [0.2, 0.25) is 0 Å². The molecule has 0 spiro atoms. The Labute approximate surface area is 120 Å². The first-order valence-corrected chi connectivity index (χ1v) is 5.00. The van der Waals surface area contributed by atoms with Gasteiger partial charge in [0.1, 0.15) is 6.04 Å². The van der Waals surface area contributed by atoms with E-state index < -0.39 is 34.3 Å². The van der Waals surface area contributed by atoms with Gasteiger partial charge in [-0.1, -0.05) is 11.6 Å². The van der Waals surface area contributed by atoms with E-state index in [0.717, 1.165) is 6.07 Å². The number of nitrogens with two attached hydrogens (primary N) is 1. The summed E-state index contributed by atoms with van der Waals surface area (Å²) in [6.45, 7) is 0. The zero-order valence-electron chi connectivity index (χ0n) is 9.33. The predicted octanol–water partition coefficient (Wildman–Crippen LogP) is 3.87. The van der Waals surface area contributed by atoms with E-state index in [2.05, 4.69) is 0 Å². The molecule has 1 atom stereocenters. The molecule has 0 aliphatic rings. The average molecular weight is 341 g/mol. The molecule has 0 amide bonds. The summed E-state index contributed by atoms with van der Waals surface area (Å²) in [6, 6.07) is -0.609. The van der Waals surface area contributed by atoms with Gasteiger partial charge in [-0.25, -0.2) is 0 Å². The number of nitro groups is 1. The van der Waals surface area contributed by atoms with Gasteiger partial charge in [-0.3, -0.25) is 10.1 Å². The molecule has 114 valence electrons. The van der Waals surface area contributed by atoms with Crippen LogP contribution >= 0.6 is 24.0 Å². The summed E-state index contributed by atoms with van der Waals surface area (Å²) >= 11 is 5.43. The molecule has 1 rings (SSSR count). The molecular weight excluding hydrogens is 334 g/mol. The Bertz CT molecular complexity index is 510. The van der Waals surface area contributed by atoms with Crippen LogP contribution < -0.4 is 5.73 Å². The standard InChI is InChI=1S/C9H6ClF5N2O2.ClH/c10-4-1-2-6(17(18)19)5(3-4)7(16)8(11,12)9(13,14)15;/h1-3,7H,16H2;1H/t7-;/m1./s1. The minimum atomic E-state index is -5.93.